The van der Waals surface area contributed by atoms with E-state index in [2.05, 4.69) is 33.9 Å². The number of rotatable bonds is 9. The van der Waals surface area contributed by atoms with Crippen LogP contribution in [-0.4, -0.2) is 84.6 Å². The van der Waals surface area contributed by atoms with Gasteiger partial charge in [0.15, 0.2) is 28.7 Å². The first-order valence-corrected chi connectivity index (χ1v) is 18.7. The summed E-state index contributed by atoms with van der Waals surface area (Å²) in [6.07, 6.45) is -0.126. The number of fused-ring (bicyclic) bond motifs is 3. The second-order valence-electron chi connectivity index (χ2n) is 13.8. The van der Waals surface area contributed by atoms with Crippen LogP contribution >= 0.6 is 0 Å². The average Bonchev–Trinajstić information content (AvgIpc) is 3.71. The first-order valence-electron chi connectivity index (χ1n) is 15.7. The Morgan fingerprint density at radius 1 is 0.936 bits per heavy atom. The smallest absolute Gasteiger partial charge is 0.310 e. The molecule has 47 heavy (non-hydrogen) atoms. The monoisotopic (exact) mass is 666 g/mol. The Morgan fingerprint density at radius 3 is 2.17 bits per heavy atom. The van der Waals surface area contributed by atoms with Gasteiger partial charge in [0.05, 0.1) is 52.4 Å². The van der Waals surface area contributed by atoms with E-state index in [1.165, 1.54) is 7.11 Å². The van der Waals surface area contributed by atoms with Crippen LogP contribution in [0, 0.1) is 11.8 Å². The molecule has 4 atom stereocenters. The molecule has 12 nitrogen and oxygen atoms in total. The van der Waals surface area contributed by atoms with Gasteiger partial charge in [-0.15, -0.1) is 0 Å². The van der Waals surface area contributed by atoms with Crippen LogP contribution in [0.15, 0.2) is 29.3 Å². The lowest BCUT2D eigenvalue weighted by Gasteiger charge is -2.39. The fourth-order valence-electron chi connectivity index (χ4n) is 6.55. The van der Waals surface area contributed by atoms with Crippen LogP contribution < -0.4 is 23.4 Å². The summed E-state index contributed by atoms with van der Waals surface area (Å²) in [5.41, 5.74) is 2.45. The van der Waals surface area contributed by atoms with Crippen molar-refractivity contribution in [1.82, 2.24) is 4.90 Å². The zero-order valence-corrected chi connectivity index (χ0v) is 29.1. The third kappa shape index (κ3) is 5.62. The van der Waals surface area contributed by atoms with Crippen LogP contribution in [-0.2, 0) is 23.9 Å². The van der Waals surface area contributed by atoms with Crippen molar-refractivity contribution in [3.05, 3.63) is 41.0 Å². The standard InChI is InChI=1S/C34H42N2O10Si/c1-34(2,3)47(7,8)46-31-25(41-5)11-18(12-26(31)42-6)28-19-13-23-24(45-17-44-23)14-20(19)30(21-16-43-33(39)29(21)28)35-22-15-27(37)36(32(22)38)9-10-40-4/h11-14,21,28-30H,9-10,15-17H2,1-8H3/t21-,28+,29-,30+/m0/s1. The van der Waals surface area contributed by atoms with Crippen molar-refractivity contribution in [2.75, 3.05) is 47.9 Å². The van der Waals surface area contributed by atoms with Gasteiger partial charge in [-0.3, -0.25) is 24.3 Å². The quantitative estimate of drug-likeness (QED) is 0.212. The SMILES string of the molecule is COCCN1C(=O)CC(=N[C@@H]2c3cc4c(cc3[C@@H](c3cc(OC)c(O[Si](C)(C)C(C)(C)C)c(OC)c3)[C@H]3C(=O)OC[C@@H]32)OCO4)C1=O. The van der Waals surface area contributed by atoms with E-state index in [-0.39, 0.29) is 55.6 Å². The Kier molecular flexibility index (Phi) is 8.50. The minimum absolute atomic E-state index is 0.0551. The molecule has 0 unspecified atom stereocenters. The van der Waals surface area contributed by atoms with Crippen LogP contribution in [0.5, 0.6) is 28.7 Å². The highest BCUT2D eigenvalue weighted by Crippen LogP contribution is 2.57. The molecule has 1 aliphatic carbocycles. The molecule has 0 radical (unpaired) electrons. The molecule has 4 aliphatic rings. The fraction of sp³-hybridized carbons (Fsp3) is 0.529. The Morgan fingerprint density at radius 2 is 1.57 bits per heavy atom. The van der Waals surface area contributed by atoms with E-state index in [1.54, 1.807) is 14.2 Å². The van der Waals surface area contributed by atoms with Gasteiger partial charge < -0.3 is 32.8 Å². The highest BCUT2D eigenvalue weighted by molar-refractivity contribution is 6.74. The molecule has 3 aliphatic heterocycles. The first kappa shape index (κ1) is 32.8. The Hall–Kier alpha value is -4.10. The van der Waals surface area contributed by atoms with Gasteiger partial charge in [-0.05, 0) is 59.1 Å². The Bertz CT molecular complexity index is 1620. The number of amides is 2. The van der Waals surface area contributed by atoms with E-state index in [9.17, 15) is 14.4 Å². The summed E-state index contributed by atoms with van der Waals surface area (Å²) in [6, 6.07) is 6.89. The van der Waals surface area contributed by atoms with Crippen LogP contribution in [0.2, 0.25) is 18.1 Å². The summed E-state index contributed by atoms with van der Waals surface area (Å²) in [6.45, 7) is 11.3. The number of ether oxygens (including phenoxy) is 6. The number of carbonyl (C=O) groups excluding carboxylic acids is 3. The van der Waals surface area contributed by atoms with Gasteiger partial charge in [0.1, 0.15) is 5.71 Å². The number of hydrogen-bond acceptors (Lipinski definition) is 11. The molecule has 0 spiro atoms. The molecule has 6 rings (SSSR count). The Balaban J connectivity index is 1.50. The zero-order valence-electron chi connectivity index (χ0n) is 28.1. The summed E-state index contributed by atoms with van der Waals surface area (Å²) >= 11 is 0. The fourth-order valence-corrected chi connectivity index (χ4v) is 7.57. The number of nitrogens with zero attached hydrogens (tertiary/aromatic N) is 2. The van der Waals surface area contributed by atoms with Gasteiger partial charge in [0.2, 0.25) is 12.7 Å². The van der Waals surface area contributed by atoms with Gasteiger partial charge in [-0.1, -0.05) is 20.8 Å². The predicted octanol–water partition coefficient (Wildman–Crippen LogP) is 4.64. The molecule has 0 N–H and O–H groups in total. The van der Waals surface area contributed by atoms with Gasteiger partial charge in [-0.25, -0.2) is 0 Å². The van der Waals surface area contributed by atoms with Gasteiger partial charge in [0, 0.05) is 18.9 Å². The normalized spacial score (nSPS) is 24.4. The van der Waals surface area contributed by atoms with Crippen molar-refractivity contribution in [3.8, 4) is 28.7 Å². The molecule has 2 fully saturated rings. The lowest BCUT2D eigenvalue weighted by Crippen LogP contribution is -2.44. The number of methoxy groups -OCH3 is 3. The molecule has 13 heteroatoms. The van der Waals surface area contributed by atoms with E-state index < -0.39 is 38.0 Å². The maximum atomic E-state index is 13.6. The van der Waals surface area contributed by atoms with E-state index in [4.69, 9.17) is 37.8 Å². The highest BCUT2D eigenvalue weighted by Gasteiger charge is 2.53. The number of aliphatic imine (C=N–C) groups is 1. The van der Waals surface area contributed by atoms with Crippen molar-refractivity contribution < 1.29 is 47.2 Å². The summed E-state index contributed by atoms with van der Waals surface area (Å²) in [5.74, 6) is -0.164. The second kappa shape index (κ2) is 12.2. The molecule has 252 valence electrons. The van der Waals surface area contributed by atoms with E-state index >= 15 is 0 Å². The maximum Gasteiger partial charge on any atom is 0.310 e. The summed E-state index contributed by atoms with van der Waals surface area (Å²) in [4.78, 5) is 45.8. The number of likely N-dealkylation sites (tertiary alicyclic amines) is 1. The third-order valence-corrected chi connectivity index (χ3v) is 14.4. The molecular weight excluding hydrogens is 624 g/mol. The maximum absolute atomic E-state index is 13.6. The first-order chi connectivity index (χ1) is 22.3. The van der Waals surface area contributed by atoms with Crippen molar-refractivity contribution in [2.45, 2.75) is 57.3 Å². The number of cyclic esters (lactones) is 1. The van der Waals surface area contributed by atoms with Gasteiger partial charge >= 0.3 is 5.97 Å². The highest BCUT2D eigenvalue weighted by atomic mass is 28.4. The summed E-state index contributed by atoms with van der Waals surface area (Å²) < 4.78 is 40.8. The average molecular weight is 667 g/mol. The van der Waals surface area contributed by atoms with E-state index in [1.807, 2.05) is 24.3 Å². The third-order valence-electron chi connectivity index (χ3n) is 10.1. The van der Waals surface area contributed by atoms with E-state index in [0.717, 1.165) is 21.6 Å². The molecule has 3 heterocycles. The molecule has 2 aromatic rings. The number of benzene rings is 2. The number of carbonyl (C=O) groups is 3. The molecule has 2 saturated heterocycles. The molecule has 0 aromatic heterocycles. The second-order valence-corrected chi connectivity index (χ2v) is 18.5. The minimum Gasteiger partial charge on any atom is -0.539 e. The topological polar surface area (TPSA) is 131 Å². The number of esters is 1. The zero-order chi connectivity index (χ0) is 33.8. The molecule has 2 aromatic carbocycles. The van der Waals surface area contributed by atoms with Gasteiger partial charge in [-0.2, -0.15) is 0 Å². The lowest BCUT2D eigenvalue weighted by molar-refractivity contribution is -0.142. The van der Waals surface area contributed by atoms with Crippen molar-refractivity contribution in [2.24, 2.45) is 16.8 Å². The van der Waals surface area contributed by atoms with Crippen molar-refractivity contribution in [1.29, 1.82) is 0 Å². The number of hydrogen-bond donors (Lipinski definition) is 0. The lowest BCUT2D eigenvalue weighted by atomic mass is 9.65. The summed E-state index contributed by atoms with van der Waals surface area (Å²) in [7, 11) is 2.38. The molecule has 0 bridgehead atoms. The predicted molar refractivity (Wildman–Crippen MR) is 173 cm³/mol. The van der Waals surface area contributed by atoms with Crippen LogP contribution in [0.4, 0.5) is 0 Å². The van der Waals surface area contributed by atoms with Crippen LogP contribution in [0.1, 0.15) is 55.8 Å². The Labute approximate surface area is 275 Å². The number of imide groups is 1. The largest absolute Gasteiger partial charge is 0.539 e. The van der Waals surface area contributed by atoms with Crippen molar-refractivity contribution in [3.63, 3.8) is 0 Å². The summed E-state index contributed by atoms with van der Waals surface area (Å²) in [5, 5.41) is -0.0735. The molecule has 0 saturated carbocycles. The van der Waals surface area contributed by atoms with E-state index in [0.29, 0.717) is 28.7 Å². The molecule has 2 amide bonds. The minimum atomic E-state index is -2.29. The van der Waals surface area contributed by atoms with Crippen molar-refractivity contribution >= 4 is 31.8 Å². The van der Waals surface area contributed by atoms with Gasteiger partial charge in [0.25, 0.3) is 14.2 Å². The van der Waals surface area contributed by atoms with Crippen LogP contribution in [0.25, 0.3) is 0 Å². The molecular formula is C34H42N2O10Si. The van der Waals surface area contributed by atoms with Crippen LogP contribution in [0.3, 0.4) is 0 Å².